The van der Waals surface area contributed by atoms with E-state index in [2.05, 4.69) is 4.74 Å². The summed E-state index contributed by atoms with van der Waals surface area (Å²) >= 11 is 5.60. The topological polar surface area (TPSA) is 78.7 Å². The SMILES string of the molecule is COC(=O)c1c([N+](=O)[O-])ccc(Oc2cccc(C(F)(F)F)c2Cl)c1C(F)(F)F. The second-order valence-electron chi connectivity index (χ2n) is 5.30. The summed E-state index contributed by atoms with van der Waals surface area (Å²) in [4.78, 5) is 21.6. The second kappa shape index (κ2) is 7.78. The van der Waals surface area contributed by atoms with Gasteiger partial charge in [-0.3, -0.25) is 10.1 Å². The van der Waals surface area contributed by atoms with Gasteiger partial charge in [-0.25, -0.2) is 4.79 Å². The first-order valence-corrected chi connectivity index (χ1v) is 7.67. The lowest BCUT2D eigenvalue weighted by Gasteiger charge is -2.18. The number of ether oxygens (including phenoxy) is 2. The monoisotopic (exact) mass is 443 g/mol. The van der Waals surface area contributed by atoms with Crippen molar-refractivity contribution in [2.45, 2.75) is 12.4 Å². The minimum Gasteiger partial charge on any atom is -0.465 e. The summed E-state index contributed by atoms with van der Waals surface area (Å²) in [5, 5.41) is 10.0. The molecule has 0 aromatic heterocycles. The molecule has 0 saturated carbocycles. The van der Waals surface area contributed by atoms with Crippen molar-refractivity contribution in [3.8, 4) is 11.5 Å². The highest BCUT2D eigenvalue weighted by Crippen LogP contribution is 2.46. The molecule has 0 aliphatic carbocycles. The van der Waals surface area contributed by atoms with E-state index in [1.807, 2.05) is 0 Å². The number of nitrogens with zero attached hydrogens (tertiary/aromatic N) is 1. The second-order valence-corrected chi connectivity index (χ2v) is 5.67. The fourth-order valence-electron chi connectivity index (χ4n) is 2.33. The van der Waals surface area contributed by atoms with Crippen LogP contribution in [0, 0.1) is 10.1 Å². The molecule has 0 aliphatic heterocycles. The lowest BCUT2D eigenvalue weighted by molar-refractivity contribution is -0.385. The molecule has 29 heavy (non-hydrogen) atoms. The molecule has 0 atom stereocenters. The van der Waals surface area contributed by atoms with Crippen molar-refractivity contribution in [3.05, 3.63) is 62.2 Å². The van der Waals surface area contributed by atoms with Gasteiger partial charge in [-0.05, 0) is 18.2 Å². The van der Waals surface area contributed by atoms with Crippen molar-refractivity contribution in [1.82, 2.24) is 0 Å². The van der Waals surface area contributed by atoms with Crippen LogP contribution in [-0.4, -0.2) is 18.0 Å². The molecule has 2 aromatic rings. The third kappa shape index (κ3) is 4.53. The molecule has 13 heteroatoms. The van der Waals surface area contributed by atoms with Crippen LogP contribution >= 0.6 is 11.6 Å². The zero-order valence-electron chi connectivity index (χ0n) is 14.0. The standard InChI is InChI=1S/C16H8ClF6NO5/c1-28-14(25)11-8(24(26)27)5-6-9(12(11)16(21,22)23)29-10-4-2-3-7(13(10)17)15(18,19)20/h2-6H,1H3. The zero-order chi connectivity index (χ0) is 22.1. The molecule has 0 heterocycles. The summed E-state index contributed by atoms with van der Waals surface area (Å²) in [6, 6.07) is 3.29. The van der Waals surface area contributed by atoms with Gasteiger partial charge < -0.3 is 9.47 Å². The minimum atomic E-state index is -5.36. The number of methoxy groups -OCH3 is 1. The van der Waals surface area contributed by atoms with E-state index < -0.39 is 62.1 Å². The molecule has 0 saturated heterocycles. The fourth-order valence-corrected chi connectivity index (χ4v) is 2.60. The van der Waals surface area contributed by atoms with Gasteiger partial charge in [-0.1, -0.05) is 17.7 Å². The van der Waals surface area contributed by atoms with Gasteiger partial charge in [0.05, 0.1) is 22.6 Å². The number of benzene rings is 2. The largest absolute Gasteiger partial charge is 0.465 e. The van der Waals surface area contributed by atoms with Crippen molar-refractivity contribution in [2.75, 3.05) is 7.11 Å². The number of hydrogen-bond donors (Lipinski definition) is 0. The van der Waals surface area contributed by atoms with Gasteiger partial charge >= 0.3 is 18.3 Å². The van der Waals surface area contributed by atoms with E-state index in [9.17, 15) is 41.3 Å². The van der Waals surface area contributed by atoms with Crippen LogP contribution in [0.2, 0.25) is 5.02 Å². The van der Waals surface area contributed by atoms with Crippen LogP contribution in [0.5, 0.6) is 11.5 Å². The first-order chi connectivity index (χ1) is 13.3. The third-order valence-corrected chi connectivity index (χ3v) is 3.89. The van der Waals surface area contributed by atoms with E-state index in [0.29, 0.717) is 25.3 Å². The van der Waals surface area contributed by atoms with Crippen LogP contribution in [0.25, 0.3) is 0 Å². The average molecular weight is 444 g/mol. The Morgan fingerprint density at radius 1 is 1.03 bits per heavy atom. The number of hydrogen-bond acceptors (Lipinski definition) is 5. The number of alkyl halides is 6. The normalized spacial score (nSPS) is 11.9. The molecular formula is C16H8ClF6NO5. The number of nitro groups is 1. The summed E-state index contributed by atoms with van der Waals surface area (Å²) in [6.45, 7) is 0. The quantitative estimate of drug-likeness (QED) is 0.256. The molecule has 2 rings (SSSR count). The molecule has 0 aliphatic rings. The van der Waals surface area contributed by atoms with Gasteiger partial charge in [0, 0.05) is 6.07 Å². The molecule has 0 radical (unpaired) electrons. The van der Waals surface area contributed by atoms with Crippen LogP contribution < -0.4 is 4.74 Å². The fraction of sp³-hybridized carbons (Fsp3) is 0.188. The van der Waals surface area contributed by atoms with Crippen molar-refractivity contribution < 1.29 is 45.5 Å². The van der Waals surface area contributed by atoms with Crippen LogP contribution in [0.3, 0.4) is 0 Å². The molecule has 0 spiro atoms. The van der Waals surface area contributed by atoms with Crippen LogP contribution in [0.15, 0.2) is 30.3 Å². The van der Waals surface area contributed by atoms with Crippen molar-refractivity contribution in [2.24, 2.45) is 0 Å². The minimum absolute atomic E-state index is 0.490. The van der Waals surface area contributed by atoms with Gasteiger partial charge in [0.2, 0.25) is 0 Å². The maximum Gasteiger partial charge on any atom is 0.421 e. The predicted molar refractivity (Wildman–Crippen MR) is 86.0 cm³/mol. The average Bonchev–Trinajstić information content (AvgIpc) is 2.60. The maximum absolute atomic E-state index is 13.6. The van der Waals surface area contributed by atoms with E-state index in [1.165, 1.54) is 0 Å². The van der Waals surface area contributed by atoms with Gasteiger partial charge in [-0.15, -0.1) is 0 Å². The lowest BCUT2D eigenvalue weighted by atomic mass is 10.0. The molecule has 0 N–H and O–H groups in total. The van der Waals surface area contributed by atoms with Gasteiger partial charge in [0.1, 0.15) is 17.1 Å². The van der Waals surface area contributed by atoms with Gasteiger partial charge in [0.15, 0.2) is 5.56 Å². The van der Waals surface area contributed by atoms with Crippen molar-refractivity contribution in [3.63, 3.8) is 0 Å². The van der Waals surface area contributed by atoms with Crippen LogP contribution in [0.4, 0.5) is 32.0 Å². The number of esters is 1. The summed E-state index contributed by atoms with van der Waals surface area (Å²) in [5.41, 5.74) is -5.97. The Hall–Kier alpha value is -3.02. The van der Waals surface area contributed by atoms with E-state index in [-0.39, 0.29) is 0 Å². The smallest absolute Gasteiger partial charge is 0.421 e. The summed E-state index contributed by atoms with van der Waals surface area (Å²) in [5.74, 6) is -3.68. The van der Waals surface area contributed by atoms with E-state index in [1.54, 1.807) is 0 Å². The molecular weight excluding hydrogens is 436 g/mol. The first kappa shape index (κ1) is 22.3. The number of carbonyl (C=O) groups excluding carboxylic acids is 1. The molecule has 0 unspecified atom stereocenters. The Bertz CT molecular complexity index is 973. The number of carbonyl (C=O) groups is 1. The summed E-state index contributed by atoms with van der Waals surface area (Å²) in [7, 11) is 0.698. The maximum atomic E-state index is 13.6. The van der Waals surface area contributed by atoms with Crippen LogP contribution in [0.1, 0.15) is 21.5 Å². The van der Waals surface area contributed by atoms with Crippen molar-refractivity contribution >= 4 is 23.3 Å². The zero-order valence-corrected chi connectivity index (χ0v) is 14.8. The Balaban J connectivity index is 2.75. The van der Waals surface area contributed by atoms with Gasteiger partial charge in [0.25, 0.3) is 5.69 Å². The molecule has 0 bridgehead atoms. The summed E-state index contributed by atoms with van der Waals surface area (Å²) < 4.78 is 88.7. The highest BCUT2D eigenvalue weighted by atomic mass is 35.5. The number of nitro benzene ring substituents is 1. The molecule has 2 aromatic carbocycles. The predicted octanol–water partition coefficient (Wildman–Crippen LogP) is 5.86. The third-order valence-electron chi connectivity index (χ3n) is 3.50. The number of rotatable bonds is 4. The highest BCUT2D eigenvalue weighted by Gasteiger charge is 2.44. The molecule has 6 nitrogen and oxygen atoms in total. The lowest BCUT2D eigenvalue weighted by Crippen LogP contribution is -2.17. The first-order valence-electron chi connectivity index (χ1n) is 7.29. The van der Waals surface area contributed by atoms with Crippen LogP contribution in [-0.2, 0) is 17.1 Å². The Morgan fingerprint density at radius 2 is 1.66 bits per heavy atom. The highest BCUT2D eigenvalue weighted by molar-refractivity contribution is 6.33. The van der Waals surface area contributed by atoms with E-state index in [4.69, 9.17) is 16.3 Å². The Morgan fingerprint density at radius 3 is 2.14 bits per heavy atom. The van der Waals surface area contributed by atoms with E-state index >= 15 is 0 Å². The van der Waals surface area contributed by atoms with Gasteiger partial charge in [-0.2, -0.15) is 26.3 Å². The molecule has 156 valence electrons. The molecule has 0 fully saturated rings. The Kier molecular flexibility index (Phi) is 5.97. The number of halogens is 7. The molecule has 0 amide bonds. The van der Waals surface area contributed by atoms with Crippen molar-refractivity contribution in [1.29, 1.82) is 0 Å². The summed E-state index contributed by atoms with van der Waals surface area (Å²) in [6.07, 6.45) is -10.3. The van der Waals surface area contributed by atoms with E-state index in [0.717, 1.165) is 12.1 Å². The Labute approximate surface area is 162 Å².